The third-order valence-corrected chi connectivity index (χ3v) is 2.67. The van der Waals surface area contributed by atoms with Gasteiger partial charge in [0.1, 0.15) is 11.3 Å². The molecule has 1 aromatic rings. The van der Waals surface area contributed by atoms with Gasteiger partial charge in [-0.1, -0.05) is 13.0 Å². The van der Waals surface area contributed by atoms with Crippen molar-refractivity contribution in [3.05, 3.63) is 34.9 Å². The lowest BCUT2D eigenvalue weighted by molar-refractivity contribution is -0.139. The van der Waals surface area contributed by atoms with Gasteiger partial charge in [0.05, 0.1) is 6.61 Å². The van der Waals surface area contributed by atoms with E-state index in [1.807, 2.05) is 6.92 Å². The molecule has 0 amide bonds. The SMILES string of the molecule is CCOC(=O)C(=Cc1ccc(O)c(CC)c1)C(C)=O. The van der Waals surface area contributed by atoms with Crippen molar-refractivity contribution in [1.29, 1.82) is 0 Å². The fraction of sp³-hybridized carbons (Fsp3) is 0.333. The van der Waals surface area contributed by atoms with Crippen molar-refractivity contribution in [2.24, 2.45) is 0 Å². The second kappa shape index (κ2) is 6.73. The van der Waals surface area contributed by atoms with Gasteiger partial charge in [-0.2, -0.15) is 0 Å². The normalized spacial score (nSPS) is 11.2. The molecule has 0 saturated heterocycles. The number of Topliss-reactive ketones (excluding diaryl/α,β-unsaturated/α-hetero) is 1. The van der Waals surface area contributed by atoms with Gasteiger partial charge in [-0.15, -0.1) is 0 Å². The van der Waals surface area contributed by atoms with Gasteiger partial charge in [0.25, 0.3) is 0 Å². The van der Waals surface area contributed by atoms with E-state index in [1.165, 1.54) is 13.0 Å². The van der Waals surface area contributed by atoms with Crippen molar-refractivity contribution in [2.45, 2.75) is 27.2 Å². The Hall–Kier alpha value is -2.10. The number of ether oxygens (including phenoxy) is 1. The lowest BCUT2D eigenvalue weighted by Crippen LogP contribution is -2.13. The third-order valence-electron chi connectivity index (χ3n) is 2.67. The molecule has 0 heterocycles. The molecule has 0 spiro atoms. The van der Waals surface area contributed by atoms with Gasteiger partial charge in [-0.05, 0) is 49.6 Å². The molecule has 0 unspecified atom stereocenters. The molecular formula is C15H18O4. The average Bonchev–Trinajstić information content (AvgIpc) is 2.37. The maximum atomic E-state index is 11.6. The summed E-state index contributed by atoms with van der Waals surface area (Å²) in [5.41, 5.74) is 1.46. The van der Waals surface area contributed by atoms with Crippen LogP contribution in [0.25, 0.3) is 6.08 Å². The number of benzene rings is 1. The van der Waals surface area contributed by atoms with Crippen molar-refractivity contribution < 1.29 is 19.4 Å². The van der Waals surface area contributed by atoms with Crippen molar-refractivity contribution in [3.8, 4) is 5.75 Å². The minimum Gasteiger partial charge on any atom is -0.508 e. The Morgan fingerprint density at radius 2 is 2.00 bits per heavy atom. The first kappa shape index (κ1) is 15.0. The number of carbonyl (C=O) groups is 2. The fourth-order valence-electron chi connectivity index (χ4n) is 1.66. The summed E-state index contributed by atoms with van der Waals surface area (Å²) in [6.07, 6.45) is 2.15. The first-order chi connectivity index (χ1) is 8.99. The molecule has 0 bridgehead atoms. The van der Waals surface area contributed by atoms with Gasteiger partial charge in [0, 0.05) is 0 Å². The summed E-state index contributed by atoms with van der Waals surface area (Å²) in [6.45, 7) is 5.15. The van der Waals surface area contributed by atoms with E-state index in [0.717, 1.165) is 5.56 Å². The van der Waals surface area contributed by atoms with E-state index < -0.39 is 5.97 Å². The molecule has 0 fully saturated rings. The number of aryl methyl sites for hydroxylation is 1. The van der Waals surface area contributed by atoms with Crippen LogP contribution in [-0.2, 0) is 20.7 Å². The first-order valence-corrected chi connectivity index (χ1v) is 6.21. The van der Waals surface area contributed by atoms with E-state index in [-0.39, 0.29) is 23.7 Å². The number of ketones is 1. The van der Waals surface area contributed by atoms with Gasteiger partial charge < -0.3 is 9.84 Å². The topological polar surface area (TPSA) is 63.6 Å². The van der Waals surface area contributed by atoms with Gasteiger partial charge in [0.2, 0.25) is 0 Å². The third kappa shape index (κ3) is 3.95. The van der Waals surface area contributed by atoms with Crippen LogP contribution in [0.4, 0.5) is 0 Å². The van der Waals surface area contributed by atoms with Crippen LogP contribution in [0.2, 0.25) is 0 Å². The van der Waals surface area contributed by atoms with E-state index >= 15 is 0 Å². The summed E-state index contributed by atoms with van der Waals surface area (Å²) in [7, 11) is 0. The fourth-order valence-corrected chi connectivity index (χ4v) is 1.66. The smallest absolute Gasteiger partial charge is 0.341 e. The van der Waals surface area contributed by atoms with Crippen LogP contribution >= 0.6 is 0 Å². The predicted octanol–water partition coefficient (Wildman–Crippen LogP) is 2.49. The molecule has 0 aromatic heterocycles. The molecule has 4 heteroatoms. The van der Waals surface area contributed by atoms with E-state index in [1.54, 1.807) is 25.1 Å². The Balaban J connectivity index is 3.15. The molecule has 0 aliphatic carbocycles. The Kier molecular flexibility index (Phi) is 5.30. The van der Waals surface area contributed by atoms with Crippen LogP contribution in [0.5, 0.6) is 5.75 Å². The summed E-state index contributed by atoms with van der Waals surface area (Å²) in [5, 5.41) is 9.59. The Morgan fingerprint density at radius 1 is 1.32 bits per heavy atom. The molecule has 0 aliphatic rings. The second-order valence-electron chi connectivity index (χ2n) is 4.08. The molecule has 1 N–H and O–H groups in total. The average molecular weight is 262 g/mol. The molecule has 4 nitrogen and oxygen atoms in total. The van der Waals surface area contributed by atoms with Gasteiger partial charge in [-0.3, -0.25) is 4.79 Å². The van der Waals surface area contributed by atoms with Gasteiger partial charge >= 0.3 is 5.97 Å². The maximum Gasteiger partial charge on any atom is 0.341 e. The highest BCUT2D eigenvalue weighted by molar-refractivity contribution is 6.19. The van der Waals surface area contributed by atoms with Gasteiger partial charge in [-0.25, -0.2) is 4.79 Å². The van der Waals surface area contributed by atoms with Crippen LogP contribution in [0.15, 0.2) is 23.8 Å². The minimum atomic E-state index is -0.624. The Morgan fingerprint density at radius 3 is 2.53 bits per heavy atom. The zero-order valence-corrected chi connectivity index (χ0v) is 11.4. The zero-order valence-electron chi connectivity index (χ0n) is 11.4. The van der Waals surface area contributed by atoms with Crippen LogP contribution < -0.4 is 0 Å². The Labute approximate surface area is 112 Å². The highest BCUT2D eigenvalue weighted by Crippen LogP contribution is 2.21. The van der Waals surface area contributed by atoms with E-state index in [2.05, 4.69) is 0 Å². The number of phenolic OH excluding ortho intramolecular Hbond substituents is 1. The molecule has 102 valence electrons. The number of hydrogen-bond donors (Lipinski definition) is 1. The highest BCUT2D eigenvalue weighted by Gasteiger charge is 2.15. The second-order valence-corrected chi connectivity index (χ2v) is 4.08. The summed E-state index contributed by atoms with van der Waals surface area (Å²) in [5.74, 6) is -0.758. The van der Waals surface area contributed by atoms with E-state index in [0.29, 0.717) is 12.0 Å². The standard InChI is InChI=1S/C15H18O4/c1-4-12-8-11(6-7-14(12)17)9-13(10(3)16)15(18)19-5-2/h6-9,17H,4-5H2,1-3H3. The number of esters is 1. The van der Waals surface area contributed by atoms with Crippen LogP contribution in [0.1, 0.15) is 31.9 Å². The molecule has 0 aliphatic heterocycles. The molecule has 1 aromatic carbocycles. The van der Waals surface area contributed by atoms with E-state index in [9.17, 15) is 14.7 Å². The largest absolute Gasteiger partial charge is 0.508 e. The Bertz CT molecular complexity index is 515. The maximum absolute atomic E-state index is 11.6. The van der Waals surface area contributed by atoms with Gasteiger partial charge in [0.15, 0.2) is 5.78 Å². The number of rotatable bonds is 5. The number of carbonyl (C=O) groups excluding carboxylic acids is 2. The van der Waals surface area contributed by atoms with Crippen LogP contribution in [0.3, 0.4) is 0 Å². The molecular weight excluding hydrogens is 244 g/mol. The van der Waals surface area contributed by atoms with Crippen LogP contribution in [0, 0.1) is 0 Å². The van der Waals surface area contributed by atoms with Crippen molar-refractivity contribution in [1.82, 2.24) is 0 Å². The number of aromatic hydroxyl groups is 1. The van der Waals surface area contributed by atoms with Crippen molar-refractivity contribution >= 4 is 17.8 Å². The molecule has 1 rings (SSSR count). The number of phenols is 1. The molecule has 0 atom stereocenters. The monoisotopic (exact) mass is 262 g/mol. The lowest BCUT2D eigenvalue weighted by atomic mass is 10.0. The first-order valence-electron chi connectivity index (χ1n) is 6.21. The highest BCUT2D eigenvalue weighted by atomic mass is 16.5. The summed E-state index contributed by atoms with van der Waals surface area (Å²) in [4.78, 5) is 23.1. The summed E-state index contributed by atoms with van der Waals surface area (Å²) >= 11 is 0. The molecule has 0 radical (unpaired) electrons. The predicted molar refractivity (Wildman–Crippen MR) is 72.8 cm³/mol. The zero-order chi connectivity index (χ0) is 14.4. The summed E-state index contributed by atoms with van der Waals surface area (Å²) in [6, 6.07) is 4.95. The van der Waals surface area contributed by atoms with E-state index in [4.69, 9.17) is 4.74 Å². The molecule has 19 heavy (non-hydrogen) atoms. The van der Waals surface area contributed by atoms with Crippen molar-refractivity contribution in [2.75, 3.05) is 6.61 Å². The quantitative estimate of drug-likeness (QED) is 0.383. The van der Waals surface area contributed by atoms with Crippen LogP contribution in [-0.4, -0.2) is 23.5 Å². The summed E-state index contributed by atoms with van der Waals surface area (Å²) < 4.78 is 4.84. The van der Waals surface area contributed by atoms with Crippen molar-refractivity contribution in [3.63, 3.8) is 0 Å². The molecule has 0 saturated carbocycles. The minimum absolute atomic E-state index is 0.00888. The number of hydrogen-bond acceptors (Lipinski definition) is 4. The lowest BCUT2D eigenvalue weighted by Gasteiger charge is -2.06.